The maximum atomic E-state index is 8.74. The molecule has 0 heterocycles. The molecule has 2 rings (SSSR count). The van der Waals surface area contributed by atoms with Crippen LogP contribution in [0.3, 0.4) is 0 Å². The largest absolute Gasteiger partial charge is 0.409 e. The zero-order valence-electron chi connectivity index (χ0n) is 11.1. The number of rotatable bonds is 4. The van der Waals surface area contributed by atoms with Gasteiger partial charge in [0.2, 0.25) is 0 Å². The van der Waals surface area contributed by atoms with Gasteiger partial charge in [0.1, 0.15) is 0 Å². The fourth-order valence-corrected chi connectivity index (χ4v) is 3.38. The first-order chi connectivity index (χ1) is 9.17. The van der Waals surface area contributed by atoms with Gasteiger partial charge in [-0.1, -0.05) is 18.0 Å². The van der Waals surface area contributed by atoms with Gasteiger partial charge in [-0.15, -0.1) is 0 Å². The second-order valence-electron chi connectivity index (χ2n) is 4.87. The standard InChI is InChI=1S/C14H20BrN3O/c1-2-18(10-5-3-4-6-10)11-7-8-12(13(15)9-11)14(16)17-19/h7-10,19H,2-6H2,1H3,(H2,16,17). The van der Waals surface area contributed by atoms with Crippen LogP contribution in [-0.2, 0) is 0 Å². The number of benzene rings is 1. The monoisotopic (exact) mass is 325 g/mol. The van der Waals surface area contributed by atoms with Crippen molar-refractivity contribution in [2.24, 2.45) is 10.9 Å². The summed E-state index contributed by atoms with van der Waals surface area (Å²) in [5.41, 5.74) is 7.54. The number of halogens is 1. The lowest BCUT2D eigenvalue weighted by molar-refractivity contribution is 0.318. The van der Waals surface area contributed by atoms with Gasteiger partial charge < -0.3 is 15.8 Å². The van der Waals surface area contributed by atoms with E-state index in [9.17, 15) is 0 Å². The smallest absolute Gasteiger partial charge is 0.171 e. The highest BCUT2D eigenvalue weighted by Crippen LogP contribution is 2.30. The van der Waals surface area contributed by atoms with Gasteiger partial charge in [-0.05, 0) is 53.9 Å². The molecule has 0 radical (unpaired) electrons. The highest BCUT2D eigenvalue weighted by molar-refractivity contribution is 9.10. The lowest BCUT2D eigenvalue weighted by Crippen LogP contribution is -2.33. The van der Waals surface area contributed by atoms with E-state index in [1.165, 1.54) is 31.4 Å². The van der Waals surface area contributed by atoms with Crippen molar-refractivity contribution in [3.8, 4) is 0 Å². The Labute approximate surface area is 122 Å². The molecule has 0 unspecified atom stereocenters. The van der Waals surface area contributed by atoms with E-state index in [4.69, 9.17) is 10.9 Å². The van der Waals surface area contributed by atoms with Crippen molar-refractivity contribution in [3.63, 3.8) is 0 Å². The summed E-state index contributed by atoms with van der Waals surface area (Å²) >= 11 is 3.50. The molecule has 1 aromatic rings. The molecule has 1 aromatic carbocycles. The molecule has 5 heteroatoms. The molecule has 0 aliphatic heterocycles. The molecule has 0 bridgehead atoms. The fourth-order valence-electron chi connectivity index (χ4n) is 2.81. The van der Waals surface area contributed by atoms with Gasteiger partial charge in [-0.2, -0.15) is 0 Å². The first-order valence-electron chi connectivity index (χ1n) is 6.71. The normalized spacial score (nSPS) is 16.8. The Bertz CT molecular complexity index is 470. The van der Waals surface area contributed by atoms with E-state index < -0.39 is 0 Å². The van der Waals surface area contributed by atoms with Crippen molar-refractivity contribution in [2.75, 3.05) is 11.4 Å². The summed E-state index contributed by atoms with van der Waals surface area (Å²) in [7, 11) is 0. The Hall–Kier alpha value is -1.23. The van der Waals surface area contributed by atoms with Crippen LogP contribution in [0.4, 0.5) is 5.69 Å². The molecular weight excluding hydrogens is 306 g/mol. The van der Waals surface area contributed by atoms with Crippen molar-refractivity contribution in [1.82, 2.24) is 0 Å². The molecule has 0 saturated heterocycles. The summed E-state index contributed by atoms with van der Waals surface area (Å²) in [6.07, 6.45) is 5.19. The summed E-state index contributed by atoms with van der Waals surface area (Å²) in [6.45, 7) is 3.18. The summed E-state index contributed by atoms with van der Waals surface area (Å²) in [4.78, 5) is 2.44. The highest BCUT2D eigenvalue weighted by Gasteiger charge is 2.22. The van der Waals surface area contributed by atoms with Crippen LogP contribution in [0, 0.1) is 0 Å². The molecule has 3 N–H and O–H groups in total. The van der Waals surface area contributed by atoms with Crippen molar-refractivity contribution >= 4 is 27.5 Å². The van der Waals surface area contributed by atoms with Crippen LogP contribution in [-0.4, -0.2) is 23.6 Å². The van der Waals surface area contributed by atoms with E-state index in [-0.39, 0.29) is 5.84 Å². The van der Waals surface area contributed by atoms with E-state index in [0.717, 1.165) is 11.0 Å². The zero-order valence-corrected chi connectivity index (χ0v) is 12.7. The maximum absolute atomic E-state index is 8.74. The van der Waals surface area contributed by atoms with Crippen LogP contribution >= 0.6 is 15.9 Å². The summed E-state index contributed by atoms with van der Waals surface area (Å²) < 4.78 is 0.858. The molecule has 1 aliphatic carbocycles. The van der Waals surface area contributed by atoms with Crippen LogP contribution in [0.5, 0.6) is 0 Å². The van der Waals surface area contributed by atoms with Crippen molar-refractivity contribution in [1.29, 1.82) is 0 Å². The number of hydrogen-bond donors (Lipinski definition) is 2. The number of hydrogen-bond acceptors (Lipinski definition) is 3. The average Bonchev–Trinajstić information content (AvgIpc) is 2.93. The number of amidine groups is 1. The number of oxime groups is 1. The minimum atomic E-state index is 0.127. The topological polar surface area (TPSA) is 61.8 Å². The Morgan fingerprint density at radius 1 is 1.47 bits per heavy atom. The van der Waals surface area contributed by atoms with E-state index >= 15 is 0 Å². The lowest BCUT2D eigenvalue weighted by atomic mass is 10.1. The predicted molar refractivity (Wildman–Crippen MR) is 81.9 cm³/mol. The molecule has 0 amide bonds. The van der Waals surface area contributed by atoms with E-state index in [1.807, 2.05) is 12.1 Å². The maximum Gasteiger partial charge on any atom is 0.171 e. The molecule has 104 valence electrons. The predicted octanol–water partition coefficient (Wildman–Crippen LogP) is 3.31. The molecule has 4 nitrogen and oxygen atoms in total. The van der Waals surface area contributed by atoms with E-state index in [0.29, 0.717) is 11.6 Å². The number of anilines is 1. The Kier molecular flexibility index (Phi) is 4.69. The second kappa shape index (κ2) is 6.28. The van der Waals surface area contributed by atoms with Crippen LogP contribution in [0.15, 0.2) is 27.8 Å². The van der Waals surface area contributed by atoms with Gasteiger partial charge >= 0.3 is 0 Å². The van der Waals surface area contributed by atoms with Crippen molar-refractivity contribution in [2.45, 2.75) is 38.6 Å². The quantitative estimate of drug-likeness (QED) is 0.386. The van der Waals surface area contributed by atoms with Gasteiger partial charge in [0, 0.05) is 28.3 Å². The molecular formula is C14H20BrN3O. The summed E-state index contributed by atoms with van der Waals surface area (Å²) in [5, 5.41) is 11.8. The number of nitrogens with zero attached hydrogens (tertiary/aromatic N) is 2. The van der Waals surface area contributed by atoms with E-state index in [2.05, 4.69) is 39.0 Å². The van der Waals surface area contributed by atoms with Crippen LogP contribution in [0.25, 0.3) is 0 Å². The Balaban J connectivity index is 2.27. The summed E-state index contributed by atoms with van der Waals surface area (Å²) in [5.74, 6) is 0.127. The van der Waals surface area contributed by atoms with Gasteiger partial charge in [0.05, 0.1) is 0 Å². The van der Waals surface area contributed by atoms with Crippen LogP contribution in [0.1, 0.15) is 38.2 Å². The molecule has 0 aromatic heterocycles. The molecule has 0 atom stereocenters. The van der Waals surface area contributed by atoms with Gasteiger partial charge in [0.15, 0.2) is 5.84 Å². The fraction of sp³-hybridized carbons (Fsp3) is 0.500. The van der Waals surface area contributed by atoms with Crippen LogP contribution in [0.2, 0.25) is 0 Å². The Morgan fingerprint density at radius 3 is 2.68 bits per heavy atom. The molecule has 1 aliphatic rings. The number of nitrogens with two attached hydrogens (primary N) is 1. The first-order valence-corrected chi connectivity index (χ1v) is 7.50. The zero-order chi connectivity index (χ0) is 13.8. The summed E-state index contributed by atoms with van der Waals surface area (Å²) in [6, 6.07) is 6.63. The van der Waals surface area contributed by atoms with Gasteiger partial charge in [0.25, 0.3) is 0 Å². The molecule has 19 heavy (non-hydrogen) atoms. The Morgan fingerprint density at radius 2 is 2.16 bits per heavy atom. The van der Waals surface area contributed by atoms with E-state index in [1.54, 1.807) is 0 Å². The minimum Gasteiger partial charge on any atom is -0.409 e. The average molecular weight is 326 g/mol. The highest BCUT2D eigenvalue weighted by atomic mass is 79.9. The third kappa shape index (κ3) is 3.03. The van der Waals surface area contributed by atoms with Gasteiger partial charge in [-0.25, -0.2) is 0 Å². The molecule has 0 spiro atoms. The van der Waals surface area contributed by atoms with Crippen LogP contribution < -0.4 is 10.6 Å². The molecule has 1 fully saturated rings. The minimum absolute atomic E-state index is 0.127. The van der Waals surface area contributed by atoms with Crippen molar-refractivity contribution < 1.29 is 5.21 Å². The lowest BCUT2D eigenvalue weighted by Gasteiger charge is -2.30. The molecule has 1 saturated carbocycles. The third-order valence-electron chi connectivity index (χ3n) is 3.77. The first kappa shape index (κ1) is 14.2. The SMILES string of the molecule is CCN(c1ccc(/C(N)=N/O)c(Br)c1)C1CCCC1. The van der Waals surface area contributed by atoms with Gasteiger partial charge in [-0.3, -0.25) is 0 Å². The third-order valence-corrected chi connectivity index (χ3v) is 4.43. The van der Waals surface area contributed by atoms with Crippen molar-refractivity contribution in [3.05, 3.63) is 28.2 Å². The second-order valence-corrected chi connectivity index (χ2v) is 5.73.